The average Bonchev–Trinajstić information content (AvgIpc) is 2.06. The maximum absolute atomic E-state index is 5.77. The second kappa shape index (κ2) is 2.38. The van der Waals surface area contributed by atoms with E-state index in [4.69, 9.17) is 5.73 Å². The van der Waals surface area contributed by atoms with Crippen LogP contribution in [-0.2, 0) is 6.42 Å². The summed E-state index contributed by atoms with van der Waals surface area (Å²) in [5, 5.41) is 0. The van der Waals surface area contributed by atoms with Crippen LogP contribution in [0.15, 0.2) is 23.2 Å². The minimum atomic E-state index is 0.874. The van der Waals surface area contributed by atoms with Gasteiger partial charge < -0.3 is 5.73 Å². The summed E-state index contributed by atoms with van der Waals surface area (Å²) < 4.78 is 0. The Balaban J connectivity index is 2.60. The Bertz CT molecular complexity index is 302. The van der Waals surface area contributed by atoms with Crippen LogP contribution in [0.1, 0.15) is 12.0 Å². The molecule has 0 atom stereocenters. The van der Waals surface area contributed by atoms with E-state index in [0.29, 0.717) is 0 Å². The van der Waals surface area contributed by atoms with Crippen LogP contribution in [0.5, 0.6) is 0 Å². The summed E-state index contributed by atoms with van der Waals surface area (Å²) in [5.74, 6) is 0. The van der Waals surface area contributed by atoms with Crippen LogP contribution in [0, 0.1) is 0 Å². The normalized spacial score (nSPS) is 14.5. The average molecular weight is 146 g/mol. The molecule has 0 aliphatic carbocycles. The number of nitrogen functional groups attached to an aromatic ring is 1. The van der Waals surface area contributed by atoms with Gasteiger partial charge in [0.1, 0.15) is 0 Å². The fourth-order valence-corrected chi connectivity index (χ4v) is 1.36. The lowest BCUT2D eigenvalue weighted by atomic mass is 10.0. The first-order valence-electron chi connectivity index (χ1n) is 3.78. The van der Waals surface area contributed by atoms with Gasteiger partial charge in [0, 0.05) is 17.5 Å². The number of nitrogens with zero attached hydrogens (tertiary/aromatic N) is 1. The van der Waals surface area contributed by atoms with Gasteiger partial charge in [0.05, 0.1) is 5.69 Å². The molecule has 0 amide bonds. The van der Waals surface area contributed by atoms with Crippen LogP contribution >= 0.6 is 0 Å². The van der Waals surface area contributed by atoms with Crippen molar-refractivity contribution in [2.75, 3.05) is 5.73 Å². The molecule has 0 aromatic heterocycles. The highest BCUT2D eigenvalue weighted by atomic mass is 14.7. The van der Waals surface area contributed by atoms with Gasteiger partial charge in [0.15, 0.2) is 0 Å². The minimum Gasteiger partial charge on any atom is -0.398 e. The Hall–Kier alpha value is -1.31. The van der Waals surface area contributed by atoms with E-state index in [-0.39, 0.29) is 0 Å². The molecular formula is C9H10N2. The van der Waals surface area contributed by atoms with Crippen LogP contribution in [-0.4, -0.2) is 6.21 Å². The van der Waals surface area contributed by atoms with Crippen molar-refractivity contribution in [2.45, 2.75) is 12.8 Å². The van der Waals surface area contributed by atoms with Crippen molar-refractivity contribution in [1.29, 1.82) is 0 Å². The lowest BCUT2D eigenvalue weighted by Gasteiger charge is -2.10. The number of hydrogen-bond donors (Lipinski definition) is 1. The van der Waals surface area contributed by atoms with Crippen molar-refractivity contribution in [2.24, 2.45) is 4.99 Å². The highest BCUT2D eigenvalue weighted by Crippen LogP contribution is 2.28. The van der Waals surface area contributed by atoms with E-state index in [0.717, 1.165) is 24.2 Å². The second-order valence-corrected chi connectivity index (χ2v) is 2.70. The fraction of sp³-hybridized carbons (Fsp3) is 0.222. The SMILES string of the molecule is Nc1cccc2c1CCC=N2. The number of nitrogens with two attached hydrogens (primary N) is 1. The van der Waals surface area contributed by atoms with Gasteiger partial charge in [-0.15, -0.1) is 0 Å². The molecule has 0 spiro atoms. The standard InChI is InChI=1S/C9H10N2/c10-8-4-1-5-9-7(8)3-2-6-11-9/h1,4-6H,2-3,10H2. The van der Waals surface area contributed by atoms with E-state index in [1.165, 1.54) is 5.56 Å². The summed E-state index contributed by atoms with van der Waals surface area (Å²) in [4.78, 5) is 4.25. The van der Waals surface area contributed by atoms with Crippen molar-refractivity contribution >= 4 is 17.6 Å². The molecule has 1 aromatic carbocycles. The molecule has 0 saturated carbocycles. The van der Waals surface area contributed by atoms with Gasteiger partial charge in [-0.1, -0.05) is 6.07 Å². The molecule has 2 heteroatoms. The zero-order chi connectivity index (χ0) is 7.68. The first-order valence-corrected chi connectivity index (χ1v) is 3.78. The molecule has 1 aromatic rings. The quantitative estimate of drug-likeness (QED) is 0.558. The van der Waals surface area contributed by atoms with Gasteiger partial charge in [-0.25, -0.2) is 0 Å². The third kappa shape index (κ3) is 1.00. The van der Waals surface area contributed by atoms with Crippen LogP contribution in [0.3, 0.4) is 0 Å². The molecule has 0 saturated heterocycles. The van der Waals surface area contributed by atoms with E-state index in [2.05, 4.69) is 4.99 Å². The van der Waals surface area contributed by atoms with Gasteiger partial charge in [0.2, 0.25) is 0 Å². The third-order valence-corrected chi connectivity index (χ3v) is 1.94. The molecule has 11 heavy (non-hydrogen) atoms. The molecule has 0 radical (unpaired) electrons. The predicted octanol–water partition coefficient (Wildman–Crippen LogP) is 1.92. The van der Waals surface area contributed by atoms with Crippen molar-refractivity contribution in [3.8, 4) is 0 Å². The van der Waals surface area contributed by atoms with E-state index in [1.807, 2.05) is 24.4 Å². The van der Waals surface area contributed by atoms with Crippen LogP contribution in [0.25, 0.3) is 0 Å². The Kier molecular flexibility index (Phi) is 1.39. The summed E-state index contributed by atoms with van der Waals surface area (Å²) >= 11 is 0. The van der Waals surface area contributed by atoms with E-state index >= 15 is 0 Å². The van der Waals surface area contributed by atoms with Gasteiger partial charge in [-0.2, -0.15) is 0 Å². The van der Waals surface area contributed by atoms with Crippen LogP contribution < -0.4 is 5.73 Å². The van der Waals surface area contributed by atoms with Crippen LogP contribution in [0.2, 0.25) is 0 Å². The molecular weight excluding hydrogens is 136 g/mol. The summed E-state index contributed by atoms with van der Waals surface area (Å²) in [7, 11) is 0. The van der Waals surface area contributed by atoms with Crippen molar-refractivity contribution in [1.82, 2.24) is 0 Å². The highest BCUT2D eigenvalue weighted by Gasteiger charge is 2.06. The highest BCUT2D eigenvalue weighted by molar-refractivity contribution is 5.73. The summed E-state index contributed by atoms with van der Waals surface area (Å²) in [6.07, 6.45) is 3.99. The molecule has 1 aliphatic rings. The Morgan fingerprint density at radius 2 is 2.27 bits per heavy atom. The van der Waals surface area contributed by atoms with Gasteiger partial charge in [-0.3, -0.25) is 4.99 Å². The molecule has 0 fully saturated rings. The molecule has 56 valence electrons. The van der Waals surface area contributed by atoms with E-state index < -0.39 is 0 Å². The predicted molar refractivity (Wildman–Crippen MR) is 47.3 cm³/mol. The number of aliphatic imine (C=N–C) groups is 1. The Labute approximate surface area is 65.8 Å². The molecule has 2 rings (SSSR count). The van der Waals surface area contributed by atoms with Gasteiger partial charge in [-0.05, 0) is 25.0 Å². The zero-order valence-electron chi connectivity index (χ0n) is 6.25. The van der Waals surface area contributed by atoms with Crippen molar-refractivity contribution in [3.63, 3.8) is 0 Å². The lowest BCUT2D eigenvalue weighted by Crippen LogP contribution is -1.98. The van der Waals surface area contributed by atoms with Crippen molar-refractivity contribution < 1.29 is 0 Å². The zero-order valence-corrected chi connectivity index (χ0v) is 6.25. The van der Waals surface area contributed by atoms with Gasteiger partial charge >= 0.3 is 0 Å². The molecule has 1 aliphatic heterocycles. The van der Waals surface area contributed by atoms with E-state index in [9.17, 15) is 0 Å². The topological polar surface area (TPSA) is 38.4 Å². The molecule has 0 unspecified atom stereocenters. The second-order valence-electron chi connectivity index (χ2n) is 2.70. The van der Waals surface area contributed by atoms with Gasteiger partial charge in [0.25, 0.3) is 0 Å². The molecule has 0 bridgehead atoms. The fourth-order valence-electron chi connectivity index (χ4n) is 1.36. The summed E-state index contributed by atoms with van der Waals surface area (Å²) in [5.41, 5.74) is 8.88. The third-order valence-electron chi connectivity index (χ3n) is 1.94. The number of rotatable bonds is 0. The first kappa shape index (κ1) is 6.40. The number of hydrogen-bond acceptors (Lipinski definition) is 2. The maximum Gasteiger partial charge on any atom is 0.0678 e. The molecule has 1 heterocycles. The lowest BCUT2D eigenvalue weighted by molar-refractivity contribution is 1.03. The first-order chi connectivity index (χ1) is 5.38. The maximum atomic E-state index is 5.77. The van der Waals surface area contributed by atoms with Crippen molar-refractivity contribution in [3.05, 3.63) is 23.8 Å². The summed E-state index contributed by atoms with van der Waals surface area (Å²) in [6.45, 7) is 0. The minimum absolute atomic E-state index is 0.874. The number of fused-ring (bicyclic) bond motifs is 1. The molecule has 2 nitrogen and oxygen atoms in total. The smallest absolute Gasteiger partial charge is 0.0678 e. The monoisotopic (exact) mass is 146 g/mol. The number of anilines is 1. The van der Waals surface area contributed by atoms with E-state index in [1.54, 1.807) is 0 Å². The Morgan fingerprint density at radius 3 is 3.09 bits per heavy atom. The molecule has 2 N–H and O–H groups in total. The Morgan fingerprint density at radius 1 is 1.36 bits per heavy atom. The summed E-state index contributed by atoms with van der Waals surface area (Å²) in [6, 6.07) is 5.87. The van der Waals surface area contributed by atoms with Crippen LogP contribution in [0.4, 0.5) is 11.4 Å². The largest absolute Gasteiger partial charge is 0.398 e. The number of benzene rings is 1.